The van der Waals surface area contributed by atoms with Gasteiger partial charge in [0.2, 0.25) is 0 Å². The number of alkyl halides is 1. The Labute approximate surface area is 103 Å². The van der Waals surface area contributed by atoms with E-state index in [9.17, 15) is 0 Å². The van der Waals surface area contributed by atoms with E-state index >= 15 is 0 Å². The van der Waals surface area contributed by atoms with Gasteiger partial charge in [0.05, 0.1) is 11.9 Å². The van der Waals surface area contributed by atoms with Crippen LogP contribution >= 0.6 is 23.2 Å². The van der Waals surface area contributed by atoms with Crippen LogP contribution in [0.1, 0.15) is 24.4 Å². The Balaban J connectivity index is 2.31. The molecule has 1 aromatic carbocycles. The fourth-order valence-corrected chi connectivity index (χ4v) is 1.79. The number of hydrogen-bond acceptors (Lipinski definition) is 3. The highest BCUT2D eigenvalue weighted by atomic mass is 35.5. The predicted octanol–water partition coefficient (Wildman–Crippen LogP) is 2.67. The van der Waals surface area contributed by atoms with E-state index in [1.54, 1.807) is 4.68 Å². The summed E-state index contributed by atoms with van der Waals surface area (Å²) in [5, 5.41) is 12.1. The van der Waals surface area contributed by atoms with E-state index in [1.165, 1.54) is 0 Å². The van der Waals surface area contributed by atoms with Crippen molar-refractivity contribution in [3.8, 4) is 0 Å². The zero-order chi connectivity index (χ0) is 11.5. The van der Waals surface area contributed by atoms with Crippen molar-refractivity contribution in [3.05, 3.63) is 40.7 Å². The number of tetrazole rings is 1. The lowest BCUT2D eigenvalue weighted by Gasteiger charge is -2.12. The van der Waals surface area contributed by atoms with Gasteiger partial charge in [-0.15, -0.1) is 16.7 Å². The minimum absolute atomic E-state index is 0.0426. The van der Waals surface area contributed by atoms with Crippen LogP contribution in [0.25, 0.3) is 0 Å². The maximum Gasteiger partial charge on any atom is 0.166 e. The molecule has 1 unspecified atom stereocenters. The van der Waals surface area contributed by atoms with Gasteiger partial charge in [0, 0.05) is 5.02 Å². The molecule has 16 heavy (non-hydrogen) atoms. The molecule has 0 saturated heterocycles. The maximum absolute atomic E-state index is 5.83. The van der Waals surface area contributed by atoms with Crippen molar-refractivity contribution in [2.75, 3.05) is 0 Å². The van der Waals surface area contributed by atoms with Crippen LogP contribution in [-0.4, -0.2) is 20.2 Å². The topological polar surface area (TPSA) is 43.6 Å². The first kappa shape index (κ1) is 11.4. The maximum atomic E-state index is 5.83. The van der Waals surface area contributed by atoms with E-state index in [0.29, 0.717) is 16.7 Å². The van der Waals surface area contributed by atoms with Gasteiger partial charge in [-0.05, 0) is 35.0 Å². The summed E-state index contributed by atoms with van der Waals surface area (Å²) in [6.45, 7) is 2.01. The van der Waals surface area contributed by atoms with Gasteiger partial charge < -0.3 is 0 Å². The Hall–Kier alpha value is -1.13. The molecule has 0 radical (unpaired) electrons. The predicted molar refractivity (Wildman–Crippen MR) is 62.6 cm³/mol. The van der Waals surface area contributed by atoms with E-state index in [0.717, 1.165) is 5.56 Å². The van der Waals surface area contributed by atoms with Crippen molar-refractivity contribution >= 4 is 23.2 Å². The number of nitrogens with zero attached hydrogens (tertiary/aromatic N) is 4. The summed E-state index contributed by atoms with van der Waals surface area (Å²) < 4.78 is 1.70. The molecule has 0 saturated carbocycles. The zero-order valence-electron chi connectivity index (χ0n) is 8.64. The van der Waals surface area contributed by atoms with Gasteiger partial charge in [0.25, 0.3) is 0 Å². The molecule has 1 aromatic heterocycles. The van der Waals surface area contributed by atoms with E-state index < -0.39 is 0 Å². The fourth-order valence-electron chi connectivity index (χ4n) is 1.48. The highest BCUT2D eigenvalue weighted by Gasteiger charge is 2.13. The molecule has 2 aromatic rings. The molecule has 0 bridgehead atoms. The third-order valence-corrected chi connectivity index (χ3v) is 2.89. The molecule has 84 valence electrons. The first-order valence-corrected chi connectivity index (χ1v) is 5.72. The van der Waals surface area contributed by atoms with E-state index in [2.05, 4.69) is 15.5 Å². The van der Waals surface area contributed by atoms with E-state index in [1.807, 2.05) is 31.2 Å². The lowest BCUT2D eigenvalue weighted by molar-refractivity contribution is 0.528. The SMILES string of the molecule is CC(c1ccc(Cl)cc1)n1nnnc1CCl. The summed E-state index contributed by atoms with van der Waals surface area (Å²) in [7, 11) is 0. The molecule has 6 heteroatoms. The minimum atomic E-state index is 0.0426. The van der Waals surface area contributed by atoms with Gasteiger partial charge in [0.15, 0.2) is 5.82 Å². The second-order valence-electron chi connectivity index (χ2n) is 3.40. The van der Waals surface area contributed by atoms with Crippen molar-refractivity contribution in [3.63, 3.8) is 0 Å². The molecule has 1 atom stereocenters. The molecular formula is C10H10Cl2N4. The Kier molecular flexibility index (Phi) is 3.41. The standard InChI is InChI=1S/C10H10Cl2N4/c1-7(8-2-4-9(12)5-3-8)16-10(6-11)13-14-15-16/h2-5,7H,6H2,1H3. The molecule has 0 fully saturated rings. The van der Waals surface area contributed by atoms with E-state index in [-0.39, 0.29) is 6.04 Å². The van der Waals surface area contributed by atoms with Crippen LogP contribution in [0.15, 0.2) is 24.3 Å². The Morgan fingerprint density at radius 1 is 1.31 bits per heavy atom. The van der Waals surface area contributed by atoms with Crippen molar-refractivity contribution in [1.29, 1.82) is 0 Å². The highest BCUT2D eigenvalue weighted by molar-refractivity contribution is 6.30. The van der Waals surface area contributed by atoms with Crippen molar-refractivity contribution in [1.82, 2.24) is 20.2 Å². The largest absolute Gasteiger partial charge is 0.221 e. The summed E-state index contributed by atoms with van der Waals surface area (Å²) in [6, 6.07) is 7.64. The van der Waals surface area contributed by atoms with Gasteiger partial charge in [0.1, 0.15) is 0 Å². The second kappa shape index (κ2) is 4.80. The smallest absolute Gasteiger partial charge is 0.166 e. The summed E-state index contributed by atoms with van der Waals surface area (Å²) in [5.41, 5.74) is 1.09. The normalized spacial score (nSPS) is 12.7. The van der Waals surface area contributed by atoms with Crippen molar-refractivity contribution in [2.24, 2.45) is 0 Å². The monoisotopic (exact) mass is 256 g/mol. The average molecular weight is 257 g/mol. The number of rotatable bonds is 3. The molecule has 1 heterocycles. The molecule has 0 N–H and O–H groups in total. The number of aromatic nitrogens is 4. The molecule has 0 aliphatic carbocycles. The molecule has 0 amide bonds. The Morgan fingerprint density at radius 2 is 2.00 bits per heavy atom. The molecule has 4 nitrogen and oxygen atoms in total. The van der Waals surface area contributed by atoms with Crippen LogP contribution in [0.2, 0.25) is 5.02 Å². The van der Waals surface area contributed by atoms with Crippen molar-refractivity contribution in [2.45, 2.75) is 18.8 Å². The third kappa shape index (κ3) is 2.18. The van der Waals surface area contributed by atoms with Crippen LogP contribution in [0.4, 0.5) is 0 Å². The molecule has 0 spiro atoms. The van der Waals surface area contributed by atoms with Crippen molar-refractivity contribution < 1.29 is 0 Å². The average Bonchev–Trinajstić information content (AvgIpc) is 2.77. The number of halogens is 2. The number of hydrogen-bond donors (Lipinski definition) is 0. The first-order chi connectivity index (χ1) is 7.72. The van der Waals surface area contributed by atoms with Crippen LogP contribution in [0.5, 0.6) is 0 Å². The van der Waals surface area contributed by atoms with Crippen LogP contribution in [0.3, 0.4) is 0 Å². The zero-order valence-corrected chi connectivity index (χ0v) is 10.2. The van der Waals surface area contributed by atoms with Gasteiger partial charge in [-0.1, -0.05) is 23.7 Å². The highest BCUT2D eigenvalue weighted by Crippen LogP contribution is 2.20. The summed E-state index contributed by atoms with van der Waals surface area (Å²) in [4.78, 5) is 0. The summed E-state index contributed by atoms with van der Waals surface area (Å²) in [6.07, 6.45) is 0. The van der Waals surface area contributed by atoms with Gasteiger partial charge in [-0.25, -0.2) is 4.68 Å². The Morgan fingerprint density at radius 3 is 2.62 bits per heavy atom. The van der Waals surface area contributed by atoms with Crippen LogP contribution in [-0.2, 0) is 5.88 Å². The second-order valence-corrected chi connectivity index (χ2v) is 4.10. The van der Waals surface area contributed by atoms with Crippen LogP contribution in [0, 0.1) is 0 Å². The lowest BCUT2D eigenvalue weighted by atomic mass is 10.1. The summed E-state index contributed by atoms with van der Waals surface area (Å²) >= 11 is 11.6. The fraction of sp³-hybridized carbons (Fsp3) is 0.300. The molecule has 0 aliphatic heterocycles. The summed E-state index contributed by atoms with van der Waals surface area (Å²) in [5.74, 6) is 0.953. The van der Waals surface area contributed by atoms with E-state index in [4.69, 9.17) is 23.2 Å². The Bertz CT molecular complexity index is 466. The minimum Gasteiger partial charge on any atom is -0.221 e. The quantitative estimate of drug-likeness (QED) is 0.794. The molecule has 2 rings (SSSR count). The lowest BCUT2D eigenvalue weighted by Crippen LogP contribution is -2.11. The number of benzene rings is 1. The van der Waals surface area contributed by atoms with Gasteiger partial charge >= 0.3 is 0 Å². The third-order valence-electron chi connectivity index (χ3n) is 2.40. The van der Waals surface area contributed by atoms with Gasteiger partial charge in [-0.2, -0.15) is 0 Å². The first-order valence-electron chi connectivity index (χ1n) is 4.80. The van der Waals surface area contributed by atoms with Crippen LogP contribution < -0.4 is 0 Å². The molecular weight excluding hydrogens is 247 g/mol. The molecule has 0 aliphatic rings. The van der Waals surface area contributed by atoms with Gasteiger partial charge in [-0.3, -0.25) is 0 Å².